The molecule has 3 heterocycles. The van der Waals surface area contributed by atoms with Crippen molar-refractivity contribution in [3.05, 3.63) is 59.9 Å². The Morgan fingerprint density at radius 2 is 1.88 bits per heavy atom. The van der Waals surface area contributed by atoms with Crippen LogP contribution in [0, 0.1) is 0 Å². The summed E-state index contributed by atoms with van der Waals surface area (Å²) >= 11 is 0. The number of rotatable bonds is 3. The van der Waals surface area contributed by atoms with E-state index < -0.39 is 10.0 Å². The molecule has 0 spiro atoms. The van der Waals surface area contributed by atoms with Crippen molar-refractivity contribution in [1.29, 1.82) is 0 Å². The summed E-state index contributed by atoms with van der Waals surface area (Å²) in [4.78, 5) is 6.66. The third-order valence-corrected chi connectivity index (χ3v) is 6.92. The van der Waals surface area contributed by atoms with Crippen LogP contribution in [0.1, 0.15) is 17.5 Å². The Kier molecular flexibility index (Phi) is 4.12. The second kappa shape index (κ2) is 6.27. The molecule has 1 fully saturated rings. The van der Waals surface area contributed by atoms with Crippen LogP contribution in [0.5, 0.6) is 0 Å². The first-order valence-electron chi connectivity index (χ1n) is 8.35. The number of benzene rings is 1. The molecular formula is C18H21N3O2S. The van der Waals surface area contributed by atoms with E-state index in [0.717, 1.165) is 25.9 Å². The molecule has 1 saturated heterocycles. The molecule has 0 amide bonds. The van der Waals surface area contributed by atoms with Crippen LogP contribution in [-0.4, -0.2) is 48.3 Å². The number of hydrogen-bond donors (Lipinski definition) is 0. The smallest absolute Gasteiger partial charge is 0.244 e. The number of hydrogen-bond acceptors (Lipinski definition) is 4. The van der Waals surface area contributed by atoms with Crippen LogP contribution in [0.25, 0.3) is 0 Å². The van der Waals surface area contributed by atoms with Gasteiger partial charge in [-0.05, 0) is 36.1 Å². The zero-order chi connectivity index (χ0) is 16.6. The van der Waals surface area contributed by atoms with Gasteiger partial charge in [-0.15, -0.1) is 0 Å². The minimum absolute atomic E-state index is 0.287. The first-order valence-corrected chi connectivity index (χ1v) is 9.79. The van der Waals surface area contributed by atoms with Crippen molar-refractivity contribution < 1.29 is 8.42 Å². The van der Waals surface area contributed by atoms with E-state index in [0.29, 0.717) is 19.1 Å². The quantitative estimate of drug-likeness (QED) is 0.854. The van der Waals surface area contributed by atoms with E-state index in [9.17, 15) is 8.42 Å². The lowest BCUT2D eigenvalue weighted by atomic mass is 9.98. The number of pyridine rings is 1. The molecule has 126 valence electrons. The molecule has 2 aromatic rings. The highest BCUT2D eigenvalue weighted by atomic mass is 32.2. The fraction of sp³-hybridized carbons (Fsp3) is 0.389. The lowest BCUT2D eigenvalue weighted by Gasteiger charge is -2.33. The summed E-state index contributed by atoms with van der Waals surface area (Å²) in [6, 6.07) is 12.1. The van der Waals surface area contributed by atoms with Crippen LogP contribution < -0.4 is 0 Å². The molecule has 5 nitrogen and oxygen atoms in total. The monoisotopic (exact) mass is 343 g/mol. The lowest BCUT2D eigenvalue weighted by Crippen LogP contribution is -2.41. The lowest BCUT2D eigenvalue weighted by molar-refractivity contribution is 0.185. The molecule has 1 aromatic carbocycles. The van der Waals surface area contributed by atoms with E-state index in [4.69, 9.17) is 0 Å². The Hall–Kier alpha value is -1.76. The Labute approximate surface area is 143 Å². The highest BCUT2D eigenvalue weighted by Crippen LogP contribution is 2.27. The SMILES string of the molecule is O=S(=O)(c1cccnc1)N1CCC(N2CCc3ccccc3C2)C1. The summed E-state index contributed by atoms with van der Waals surface area (Å²) in [6.07, 6.45) is 4.96. The van der Waals surface area contributed by atoms with Gasteiger partial charge in [-0.1, -0.05) is 24.3 Å². The average Bonchev–Trinajstić information content (AvgIpc) is 3.13. The molecule has 0 saturated carbocycles. The van der Waals surface area contributed by atoms with Gasteiger partial charge in [-0.3, -0.25) is 9.88 Å². The van der Waals surface area contributed by atoms with Gasteiger partial charge in [-0.25, -0.2) is 8.42 Å². The number of sulfonamides is 1. The molecule has 2 aliphatic heterocycles. The van der Waals surface area contributed by atoms with Gasteiger partial charge in [0.15, 0.2) is 0 Å². The molecule has 0 radical (unpaired) electrons. The van der Waals surface area contributed by atoms with E-state index >= 15 is 0 Å². The fourth-order valence-corrected chi connectivity index (χ4v) is 5.16. The van der Waals surface area contributed by atoms with Crippen LogP contribution in [0.15, 0.2) is 53.7 Å². The van der Waals surface area contributed by atoms with E-state index in [1.165, 1.54) is 17.3 Å². The van der Waals surface area contributed by atoms with Gasteiger partial charge in [0.2, 0.25) is 10.0 Å². The molecule has 1 atom stereocenters. The maximum absolute atomic E-state index is 12.7. The largest absolute Gasteiger partial charge is 0.294 e. The van der Waals surface area contributed by atoms with Gasteiger partial charge in [0, 0.05) is 44.6 Å². The Bertz CT molecular complexity index is 823. The summed E-state index contributed by atoms with van der Waals surface area (Å²) in [5.41, 5.74) is 2.80. The molecule has 1 unspecified atom stereocenters. The van der Waals surface area contributed by atoms with Gasteiger partial charge in [0.25, 0.3) is 0 Å². The zero-order valence-corrected chi connectivity index (χ0v) is 14.3. The van der Waals surface area contributed by atoms with Crippen molar-refractivity contribution in [3.63, 3.8) is 0 Å². The second-order valence-corrected chi connectivity index (χ2v) is 8.42. The first-order chi connectivity index (χ1) is 11.6. The molecule has 0 N–H and O–H groups in total. The third-order valence-electron chi connectivity index (χ3n) is 5.07. The second-order valence-electron chi connectivity index (χ2n) is 6.48. The first kappa shape index (κ1) is 15.7. The molecule has 4 rings (SSSR count). The standard InChI is InChI=1S/C18H21N3O2S/c22-24(23,18-6-3-9-19-12-18)21-11-8-17(14-21)20-10-7-15-4-1-2-5-16(15)13-20/h1-6,9,12,17H,7-8,10-11,13-14H2. The molecular weight excluding hydrogens is 322 g/mol. The minimum atomic E-state index is -3.43. The van der Waals surface area contributed by atoms with Gasteiger partial charge < -0.3 is 0 Å². The third kappa shape index (κ3) is 2.85. The molecule has 24 heavy (non-hydrogen) atoms. The minimum Gasteiger partial charge on any atom is -0.294 e. The van der Waals surface area contributed by atoms with E-state index in [1.807, 2.05) is 0 Å². The number of fused-ring (bicyclic) bond motifs is 1. The van der Waals surface area contributed by atoms with E-state index in [2.05, 4.69) is 34.1 Å². The van der Waals surface area contributed by atoms with E-state index in [1.54, 1.807) is 22.6 Å². The van der Waals surface area contributed by atoms with Crippen molar-refractivity contribution in [3.8, 4) is 0 Å². The molecule has 2 aliphatic rings. The van der Waals surface area contributed by atoms with Gasteiger partial charge in [0.1, 0.15) is 4.90 Å². The number of nitrogens with zero attached hydrogens (tertiary/aromatic N) is 3. The van der Waals surface area contributed by atoms with Crippen molar-refractivity contribution in [2.24, 2.45) is 0 Å². The van der Waals surface area contributed by atoms with Crippen LogP contribution in [-0.2, 0) is 23.0 Å². The Morgan fingerprint density at radius 3 is 2.67 bits per heavy atom. The average molecular weight is 343 g/mol. The normalized spacial score (nSPS) is 22.4. The topological polar surface area (TPSA) is 53.5 Å². The summed E-state index contributed by atoms with van der Waals surface area (Å²) in [7, 11) is -3.43. The van der Waals surface area contributed by atoms with Crippen LogP contribution in [0.3, 0.4) is 0 Å². The summed E-state index contributed by atoms with van der Waals surface area (Å²) in [6.45, 7) is 3.07. The van der Waals surface area contributed by atoms with Gasteiger partial charge in [0.05, 0.1) is 0 Å². The molecule has 0 bridgehead atoms. The maximum Gasteiger partial charge on any atom is 0.244 e. The molecule has 6 heteroatoms. The number of aromatic nitrogens is 1. The zero-order valence-electron chi connectivity index (χ0n) is 13.5. The predicted molar refractivity (Wildman–Crippen MR) is 92.0 cm³/mol. The Balaban J connectivity index is 1.48. The van der Waals surface area contributed by atoms with Crippen molar-refractivity contribution >= 4 is 10.0 Å². The summed E-state index contributed by atoms with van der Waals surface area (Å²) in [5, 5.41) is 0. The maximum atomic E-state index is 12.7. The predicted octanol–water partition coefficient (Wildman–Crippen LogP) is 1.90. The van der Waals surface area contributed by atoms with E-state index in [-0.39, 0.29) is 4.90 Å². The van der Waals surface area contributed by atoms with Crippen LogP contribution in [0.4, 0.5) is 0 Å². The summed E-state index contributed by atoms with van der Waals surface area (Å²) in [5.74, 6) is 0. The van der Waals surface area contributed by atoms with Crippen molar-refractivity contribution in [2.75, 3.05) is 19.6 Å². The highest BCUT2D eigenvalue weighted by molar-refractivity contribution is 7.89. The molecule has 0 aliphatic carbocycles. The Morgan fingerprint density at radius 1 is 1.04 bits per heavy atom. The highest BCUT2D eigenvalue weighted by Gasteiger charge is 2.36. The fourth-order valence-electron chi connectivity index (χ4n) is 3.70. The van der Waals surface area contributed by atoms with Crippen molar-refractivity contribution in [1.82, 2.24) is 14.2 Å². The summed E-state index contributed by atoms with van der Waals surface area (Å²) < 4.78 is 27.1. The van der Waals surface area contributed by atoms with Gasteiger partial charge >= 0.3 is 0 Å². The molecule has 1 aromatic heterocycles. The van der Waals surface area contributed by atoms with Crippen LogP contribution >= 0.6 is 0 Å². The van der Waals surface area contributed by atoms with Crippen molar-refractivity contribution in [2.45, 2.75) is 30.3 Å². The van der Waals surface area contributed by atoms with Gasteiger partial charge in [-0.2, -0.15) is 4.31 Å². The van der Waals surface area contributed by atoms with Crippen LogP contribution in [0.2, 0.25) is 0 Å².